The number of carbonyl (C=O) groups is 1. The summed E-state index contributed by atoms with van der Waals surface area (Å²) >= 11 is 0. The summed E-state index contributed by atoms with van der Waals surface area (Å²) in [6.07, 6.45) is 14.8. The van der Waals surface area contributed by atoms with Gasteiger partial charge in [0.2, 0.25) is 0 Å². The molecule has 3 saturated heterocycles. The molecule has 9 nitrogen and oxygen atoms in total. The molecule has 0 radical (unpaired) electrons. The zero-order chi connectivity index (χ0) is 35.8. The molecule has 10 atom stereocenters. The number of fused-ring (bicyclic) bond motifs is 2. The average Bonchev–Trinajstić information content (AvgIpc) is 3.36. The molecule has 0 aromatic heterocycles. The van der Waals surface area contributed by atoms with Crippen molar-refractivity contribution in [2.45, 2.75) is 153 Å². The van der Waals surface area contributed by atoms with Crippen molar-refractivity contribution in [3.05, 3.63) is 47.1 Å². The zero-order valence-corrected chi connectivity index (χ0v) is 32.5. The van der Waals surface area contributed by atoms with Crippen LogP contribution < -0.4 is 0 Å². The number of hydrogen-bond acceptors (Lipinski definition) is 9. The molecule has 1 aliphatic carbocycles. The van der Waals surface area contributed by atoms with Crippen LogP contribution in [0.15, 0.2) is 52.3 Å². The Balaban J connectivity index is 1.59. The molecule has 49 heavy (non-hydrogen) atoms. The summed E-state index contributed by atoms with van der Waals surface area (Å²) in [7, 11) is -0.905. The molecular weight excluding hydrogens is 639 g/mol. The third kappa shape index (κ3) is 8.05. The van der Waals surface area contributed by atoms with Crippen molar-refractivity contribution < 1.29 is 38.1 Å². The van der Waals surface area contributed by atoms with E-state index in [0.29, 0.717) is 36.3 Å². The number of allylic oxidation sites excluding steroid dienone is 4. The van der Waals surface area contributed by atoms with E-state index in [-0.39, 0.29) is 29.8 Å². The van der Waals surface area contributed by atoms with Crippen molar-refractivity contribution >= 4 is 20.5 Å². The van der Waals surface area contributed by atoms with Crippen LogP contribution in [0, 0.1) is 17.8 Å². The molecule has 0 amide bonds. The van der Waals surface area contributed by atoms with Crippen LogP contribution in [0.5, 0.6) is 0 Å². The summed E-state index contributed by atoms with van der Waals surface area (Å²) in [5.74, 6) is -1.68. The number of oxime groups is 1. The number of aliphatic hydroxyl groups is 1. The Morgan fingerprint density at radius 3 is 2.63 bits per heavy atom. The van der Waals surface area contributed by atoms with E-state index in [1.54, 1.807) is 12.3 Å². The maximum atomic E-state index is 14.6. The highest BCUT2D eigenvalue weighted by atomic mass is 28.4. The van der Waals surface area contributed by atoms with Crippen molar-refractivity contribution in [3.8, 4) is 0 Å². The molecule has 0 unspecified atom stereocenters. The predicted octanol–water partition coefficient (Wildman–Crippen LogP) is 7.57. The van der Waals surface area contributed by atoms with Gasteiger partial charge in [-0.25, -0.2) is 0 Å². The van der Waals surface area contributed by atoms with E-state index >= 15 is 0 Å². The molecule has 3 fully saturated rings. The third-order valence-electron chi connectivity index (χ3n) is 11.8. The zero-order valence-electron chi connectivity index (χ0n) is 31.5. The molecule has 0 saturated carbocycles. The van der Waals surface area contributed by atoms with Crippen LogP contribution in [0.25, 0.3) is 0 Å². The average molecular weight is 700 g/mol. The summed E-state index contributed by atoms with van der Waals surface area (Å²) in [6.45, 7) is 19.8. The van der Waals surface area contributed by atoms with Crippen LogP contribution in [0.1, 0.15) is 93.4 Å². The highest BCUT2D eigenvalue weighted by Crippen LogP contribution is 2.49. The lowest BCUT2D eigenvalue weighted by Crippen LogP contribution is -2.61. The summed E-state index contributed by atoms with van der Waals surface area (Å²) in [5, 5.41) is 16.9. The lowest BCUT2D eigenvalue weighted by atomic mass is 9.70. The summed E-state index contributed by atoms with van der Waals surface area (Å²) < 4.78 is 33.4. The highest BCUT2D eigenvalue weighted by molar-refractivity contribution is 6.74. The molecule has 4 aliphatic heterocycles. The van der Waals surface area contributed by atoms with Gasteiger partial charge in [-0.15, -0.1) is 0 Å². The number of hydrogen-bond donors (Lipinski definition) is 1. The Kier molecular flexibility index (Phi) is 11.6. The molecule has 10 heteroatoms. The standard InChI is InChI=1S/C39H61NO8Si/c1-11-33-27(4)17-18-38(47-33)22-31-21-30(46-38)16-15-26(3)19-25(2)13-12-14-29-24-44-35-34(48-49(9,10)37(5,6)7)28(23-40-43-8)20-32(36(41)45-31)39(29,35)42/h12-15,20,23,25,27,30-35,42H,11,16-19,21-22,24H2,1-10H3/b13-12+,26-15+,29-14+,40-23+/t25-,27-,30+,31-,32-,33+,34+,35+,38+,39+/m0/s1. The fourth-order valence-corrected chi connectivity index (χ4v) is 9.18. The van der Waals surface area contributed by atoms with Gasteiger partial charge in [0.15, 0.2) is 14.1 Å². The van der Waals surface area contributed by atoms with Crippen molar-refractivity contribution in [1.82, 2.24) is 0 Å². The largest absolute Gasteiger partial charge is 0.462 e. The van der Waals surface area contributed by atoms with Crippen molar-refractivity contribution in [2.24, 2.45) is 22.9 Å². The van der Waals surface area contributed by atoms with E-state index in [0.717, 1.165) is 25.7 Å². The van der Waals surface area contributed by atoms with Crippen molar-refractivity contribution in [1.29, 1.82) is 0 Å². The fraction of sp³-hybridized carbons (Fsp3) is 0.744. The van der Waals surface area contributed by atoms with Crippen LogP contribution in [-0.4, -0.2) is 81.2 Å². The molecule has 5 aliphatic rings. The molecular formula is C39H61NO8Si. The Morgan fingerprint density at radius 1 is 1.18 bits per heavy atom. The van der Waals surface area contributed by atoms with E-state index in [4.69, 9.17) is 28.2 Å². The lowest BCUT2D eigenvalue weighted by molar-refractivity contribution is -0.335. The van der Waals surface area contributed by atoms with Gasteiger partial charge in [0, 0.05) is 24.8 Å². The highest BCUT2D eigenvalue weighted by Gasteiger charge is 2.62. The molecule has 4 heterocycles. The SMILES string of the molecule is CC[C@H]1O[C@]2(CC[C@@H]1C)C[C@@H]1C[C@@H](C/C=C(\C)C[C@@H](C)/C=C/C=C3\CO[C@@H]4[C@H](O[Si](C)(C)C(C)(C)C)C(/C=N/OC)=C[C@@H](C(=O)O1)[C@]34O)O2. The number of esters is 1. The van der Waals surface area contributed by atoms with E-state index in [1.165, 1.54) is 12.7 Å². The Morgan fingerprint density at radius 2 is 1.94 bits per heavy atom. The Bertz CT molecular complexity index is 1360. The summed E-state index contributed by atoms with van der Waals surface area (Å²) in [6, 6.07) is 0. The summed E-state index contributed by atoms with van der Waals surface area (Å²) in [4.78, 5) is 19.6. The van der Waals surface area contributed by atoms with Gasteiger partial charge in [-0.05, 0) is 68.1 Å². The van der Waals surface area contributed by atoms with Crippen LogP contribution >= 0.6 is 0 Å². The van der Waals surface area contributed by atoms with Crippen molar-refractivity contribution in [3.63, 3.8) is 0 Å². The third-order valence-corrected chi connectivity index (χ3v) is 16.3. The molecule has 2 bridgehead atoms. The molecule has 1 spiro atoms. The lowest BCUT2D eigenvalue weighted by Gasteiger charge is -2.50. The van der Waals surface area contributed by atoms with Crippen molar-refractivity contribution in [2.75, 3.05) is 13.7 Å². The first-order valence-corrected chi connectivity index (χ1v) is 21.3. The van der Waals surface area contributed by atoms with Gasteiger partial charge in [0.1, 0.15) is 36.9 Å². The second kappa shape index (κ2) is 14.9. The second-order valence-electron chi connectivity index (χ2n) is 16.7. The predicted molar refractivity (Wildman–Crippen MR) is 193 cm³/mol. The first-order valence-electron chi connectivity index (χ1n) is 18.4. The van der Waals surface area contributed by atoms with E-state index in [9.17, 15) is 9.90 Å². The maximum absolute atomic E-state index is 14.6. The molecule has 274 valence electrons. The van der Waals surface area contributed by atoms with Gasteiger partial charge >= 0.3 is 5.97 Å². The number of carbonyl (C=O) groups excluding carboxylic acids is 1. The minimum Gasteiger partial charge on any atom is -0.462 e. The smallest absolute Gasteiger partial charge is 0.316 e. The minimum atomic E-state index is -2.38. The number of rotatable bonds is 5. The topological polar surface area (TPSA) is 105 Å². The molecule has 0 aromatic carbocycles. The molecule has 0 aromatic rings. The van der Waals surface area contributed by atoms with Crippen LogP contribution in [0.4, 0.5) is 0 Å². The van der Waals surface area contributed by atoms with Gasteiger partial charge in [0.25, 0.3) is 0 Å². The monoisotopic (exact) mass is 699 g/mol. The number of ether oxygens (including phenoxy) is 4. The quantitative estimate of drug-likeness (QED) is 0.103. The van der Waals surface area contributed by atoms with E-state index in [1.807, 2.05) is 12.2 Å². The van der Waals surface area contributed by atoms with Crippen LogP contribution in [-0.2, 0) is 33.0 Å². The second-order valence-corrected chi connectivity index (χ2v) is 21.4. The number of nitrogens with zero attached hydrogens (tertiary/aromatic N) is 1. The van der Waals surface area contributed by atoms with E-state index in [2.05, 4.69) is 78.9 Å². The first kappa shape index (κ1) is 38.2. The Hall–Kier alpha value is -2.08. The van der Waals surface area contributed by atoms with Gasteiger partial charge < -0.3 is 33.3 Å². The van der Waals surface area contributed by atoms with Gasteiger partial charge in [-0.1, -0.05) is 82.7 Å². The Labute approximate surface area is 295 Å². The van der Waals surface area contributed by atoms with Crippen LogP contribution in [0.2, 0.25) is 18.1 Å². The maximum Gasteiger partial charge on any atom is 0.316 e. The first-order chi connectivity index (χ1) is 23.0. The normalized spacial score (nSPS) is 42.0. The van der Waals surface area contributed by atoms with E-state index < -0.39 is 49.9 Å². The minimum absolute atomic E-state index is 0.0816. The van der Waals surface area contributed by atoms with Crippen LogP contribution in [0.3, 0.4) is 0 Å². The van der Waals surface area contributed by atoms with Gasteiger partial charge in [-0.3, -0.25) is 4.79 Å². The fourth-order valence-electron chi connectivity index (χ4n) is 7.93. The van der Waals surface area contributed by atoms with Gasteiger partial charge in [-0.2, -0.15) is 0 Å². The molecule has 5 rings (SSSR count). The molecule has 1 N–H and O–H groups in total. The summed E-state index contributed by atoms with van der Waals surface area (Å²) in [5.41, 5.74) is 0.846. The van der Waals surface area contributed by atoms with Gasteiger partial charge in [0.05, 0.1) is 25.0 Å².